The summed E-state index contributed by atoms with van der Waals surface area (Å²) in [6.45, 7) is 4.31. The number of nitrogens with zero attached hydrogens (tertiary/aromatic N) is 2. The van der Waals surface area contributed by atoms with Gasteiger partial charge < -0.3 is 10.2 Å². The number of nitrogens with one attached hydrogen (secondary N) is 1. The lowest BCUT2D eigenvalue weighted by molar-refractivity contribution is -0.128. The second-order valence-corrected chi connectivity index (χ2v) is 9.93. The highest BCUT2D eigenvalue weighted by Crippen LogP contribution is 2.55. The van der Waals surface area contributed by atoms with Crippen molar-refractivity contribution in [1.82, 2.24) is 10.2 Å². The Morgan fingerprint density at radius 2 is 1.67 bits per heavy atom. The molecule has 1 aliphatic heterocycles. The Bertz CT molecular complexity index is 678. The van der Waals surface area contributed by atoms with Crippen molar-refractivity contribution in [2.45, 2.75) is 44.1 Å². The average molecular weight is 388 g/mol. The molecule has 0 radical (unpaired) electrons. The number of halogens is 1. The molecule has 4 bridgehead atoms. The minimum Gasteiger partial charge on any atom is -0.369 e. The van der Waals surface area contributed by atoms with Crippen molar-refractivity contribution in [1.29, 1.82) is 0 Å². The number of hydrogen-bond acceptors (Lipinski definition) is 3. The first-order valence-corrected chi connectivity index (χ1v) is 11.0. The van der Waals surface area contributed by atoms with Crippen molar-refractivity contribution >= 4 is 23.2 Å². The van der Waals surface area contributed by atoms with Crippen LogP contribution in [0.4, 0.5) is 5.69 Å². The molecule has 1 N–H and O–H groups in total. The van der Waals surface area contributed by atoms with Gasteiger partial charge in [0.25, 0.3) is 0 Å². The Morgan fingerprint density at radius 1 is 1.04 bits per heavy atom. The van der Waals surface area contributed by atoms with Crippen LogP contribution < -0.4 is 10.2 Å². The third-order valence-electron chi connectivity index (χ3n) is 7.36. The summed E-state index contributed by atoms with van der Waals surface area (Å²) in [5, 5.41) is 4.29. The van der Waals surface area contributed by atoms with Crippen molar-refractivity contribution in [3.05, 3.63) is 29.3 Å². The van der Waals surface area contributed by atoms with Gasteiger partial charge in [0.15, 0.2) is 0 Å². The maximum atomic E-state index is 12.8. The summed E-state index contributed by atoms with van der Waals surface area (Å²) in [5.41, 5.74) is 1.31. The Labute approximate surface area is 167 Å². The Balaban J connectivity index is 1.14. The molecule has 1 saturated heterocycles. The van der Waals surface area contributed by atoms with Crippen molar-refractivity contribution in [2.24, 2.45) is 17.8 Å². The maximum Gasteiger partial charge on any atom is 0.234 e. The lowest BCUT2D eigenvalue weighted by atomic mass is 9.53. The van der Waals surface area contributed by atoms with E-state index in [2.05, 4.69) is 21.2 Å². The topological polar surface area (TPSA) is 35.6 Å². The minimum atomic E-state index is 0.133. The van der Waals surface area contributed by atoms with Gasteiger partial charge >= 0.3 is 0 Å². The van der Waals surface area contributed by atoms with Crippen LogP contribution in [0.5, 0.6) is 0 Å². The molecule has 27 heavy (non-hydrogen) atoms. The normalized spacial score (nSPS) is 35.4. The summed E-state index contributed by atoms with van der Waals surface area (Å²) in [5.74, 6) is 2.86. The predicted octanol–water partition coefficient (Wildman–Crippen LogP) is 3.55. The molecule has 0 spiro atoms. The molecule has 5 heteroatoms. The van der Waals surface area contributed by atoms with Gasteiger partial charge in [-0.3, -0.25) is 9.69 Å². The quantitative estimate of drug-likeness (QED) is 0.858. The third-order valence-corrected chi connectivity index (χ3v) is 7.59. The number of amides is 1. The first kappa shape index (κ1) is 17.8. The summed E-state index contributed by atoms with van der Waals surface area (Å²) in [7, 11) is 0. The molecule has 0 aromatic heterocycles. The molecule has 5 fully saturated rings. The van der Waals surface area contributed by atoms with E-state index >= 15 is 0 Å². The predicted molar refractivity (Wildman–Crippen MR) is 109 cm³/mol. The van der Waals surface area contributed by atoms with E-state index in [9.17, 15) is 4.79 Å². The highest BCUT2D eigenvalue weighted by atomic mass is 35.5. The third kappa shape index (κ3) is 3.71. The molecule has 0 unspecified atom stereocenters. The second-order valence-electron chi connectivity index (χ2n) is 9.49. The molecule has 4 saturated carbocycles. The largest absolute Gasteiger partial charge is 0.369 e. The van der Waals surface area contributed by atoms with Crippen LogP contribution in [0.15, 0.2) is 24.3 Å². The Morgan fingerprint density at radius 3 is 2.26 bits per heavy atom. The van der Waals surface area contributed by atoms with Crippen LogP contribution in [0.1, 0.15) is 38.5 Å². The maximum absolute atomic E-state index is 12.8. The fourth-order valence-corrected chi connectivity index (χ4v) is 6.82. The number of carbonyl (C=O) groups excluding carboxylic acids is 1. The van der Waals surface area contributed by atoms with E-state index in [0.717, 1.165) is 49.0 Å². The molecule has 4 nitrogen and oxygen atoms in total. The molecule has 0 atom stereocenters. The average Bonchev–Trinajstić information content (AvgIpc) is 2.60. The number of rotatable bonds is 4. The smallest absolute Gasteiger partial charge is 0.234 e. The van der Waals surface area contributed by atoms with E-state index < -0.39 is 0 Å². The molecule has 1 aromatic rings. The molecule has 146 valence electrons. The minimum absolute atomic E-state index is 0.133. The fourth-order valence-electron chi connectivity index (χ4n) is 6.64. The summed E-state index contributed by atoms with van der Waals surface area (Å²) < 4.78 is 0. The van der Waals surface area contributed by atoms with E-state index in [-0.39, 0.29) is 11.4 Å². The van der Waals surface area contributed by atoms with E-state index in [0.29, 0.717) is 6.54 Å². The summed E-state index contributed by atoms with van der Waals surface area (Å²) in [6.07, 6.45) is 7.94. The zero-order valence-electron chi connectivity index (χ0n) is 16.0. The van der Waals surface area contributed by atoms with E-state index in [1.807, 2.05) is 18.2 Å². The summed E-state index contributed by atoms with van der Waals surface area (Å²) in [4.78, 5) is 17.5. The number of piperazine rings is 1. The number of carbonyl (C=O) groups is 1. The van der Waals surface area contributed by atoms with E-state index in [1.54, 1.807) is 0 Å². The lowest BCUT2D eigenvalue weighted by Gasteiger charge is -2.57. The molecule has 5 aliphatic rings. The van der Waals surface area contributed by atoms with Crippen LogP contribution in [-0.4, -0.2) is 49.1 Å². The van der Waals surface area contributed by atoms with Crippen molar-refractivity contribution < 1.29 is 4.79 Å². The van der Waals surface area contributed by atoms with Crippen LogP contribution in [0.3, 0.4) is 0 Å². The van der Waals surface area contributed by atoms with Gasteiger partial charge in [0, 0.05) is 42.4 Å². The highest BCUT2D eigenvalue weighted by molar-refractivity contribution is 6.30. The molecular weight excluding hydrogens is 358 g/mol. The van der Waals surface area contributed by atoms with Gasteiger partial charge in [-0.05, 0) is 74.5 Å². The van der Waals surface area contributed by atoms with Crippen LogP contribution in [0.25, 0.3) is 0 Å². The zero-order valence-corrected chi connectivity index (χ0v) is 16.8. The SMILES string of the molecule is O=C(CN1CCN(c2cccc(Cl)c2)CC1)NC12CC3CC(CC(C3)C1)C2. The Hall–Kier alpha value is -1.26. The fraction of sp³-hybridized carbons (Fsp3) is 0.682. The monoisotopic (exact) mass is 387 g/mol. The number of hydrogen-bond donors (Lipinski definition) is 1. The summed E-state index contributed by atoms with van der Waals surface area (Å²) >= 11 is 6.12. The first-order chi connectivity index (χ1) is 13.1. The van der Waals surface area contributed by atoms with Crippen LogP contribution >= 0.6 is 11.6 Å². The number of anilines is 1. The van der Waals surface area contributed by atoms with Crippen molar-refractivity contribution in [3.63, 3.8) is 0 Å². The molecule has 1 amide bonds. The first-order valence-electron chi connectivity index (χ1n) is 10.6. The summed E-state index contributed by atoms with van der Waals surface area (Å²) in [6, 6.07) is 8.05. The highest BCUT2D eigenvalue weighted by Gasteiger charge is 2.51. The van der Waals surface area contributed by atoms with Crippen LogP contribution in [-0.2, 0) is 4.79 Å². The van der Waals surface area contributed by atoms with E-state index in [1.165, 1.54) is 44.2 Å². The molecule has 4 aliphatic carbocycles. The van der Waals surface area contributed by atoms with Gasteiger partial charge in [-0.25, -0.2) is 0 Å². The standard InChI is InChI=1S/C22H30ClN3O/c23-19-2-1-3-20(11-19)26-6-4-25(5-7-26)15-21(27)24-22-12-16-8-17(13-22)10-18(9-16)14-22/h1-3,11,16-18H,4-10,12-15H2,(H,24,27). The van der Waals surface area contributed by atoms with Gasteiger partial charge in [0.1, 0.15) is 0 Å². The van der Waals surface area contributed by atoms with Gasteiger partial charge in [-0.15, -0.1) is 0 Å². The molecular formula is C22H30ClN3O. The lowest BCUT2D eigenvalue weighted by Crippen LogP contribution is -2.61. The number of benzene rings is 1. The zero-order chi connectivity index (χ0) is 18.4. The van der Waals surface area contributed by atoms with Gasteiger partial charge in [-0.1, -0.05) is 17.7 Å². The van der Waals surface area contributed by atoms with Gasteiger partial charge in [0.2, 0.25) is 5.91 Å². The molecule has 6 rings (SSSR count). The van der Waals surface area contributed by atoms with Crippen LogP contribution in [0, 0.1) is 17.8 Å². The Kier molecular flexibility index (Phi) is 4.60. The molecule has 1 aromatic carbocycles. The van der Waals surface area contributed by atoms with Gasteiger partial charge in [0.05, 0.1) is 6.54 Å². The van der Waals surface area contributed by atoms with Crippen molar-refractivity contribution in [2.75, 3.05) is 37.6 Å². The molecule has 1 heterocycles. The second kappa shape index (κ2) is 6.97. The van der Waals surface area contributed by atoms with Gasteiger partial charge in [-0.2, -0.15) is 0 Å². The van der Waals surface area contributed by atoms with Crippen molar-refractivity contribution in [3.8, 4) is 0 Å². The van der Waals surface area contributed by atoms with Crippen LogP contribution in [0.2, 0.25) is 5.02 Å². The van der Waals surface area contributed by atoms with E-state index in [4.69, 9.17) is 11.6 Å².